The van der Waals surface area contributed by atoms with Crippen LogP contribution < -0.4 is 0 Å². The second-order valence-electron chi connectivity index (χ2n) is 4.61. The molecule has 2 aromatic heterocycles. The van der Waals surface area contributed by atoms with E-state index in [0.29, 0.717) is 0 Å². The first-order valence-corrected chi connectivity index (χ1v) is 7.66. The fourth-order valence-corrected chi connectivity index (χ4v) is 3.52. The fraction of sp³-hybridized carbons (Fsp3) is 0. The lowest BCUT2D eigenvalue weighted by atomic mass is 10.1. The van der Waals surface area contributed by atoms with Gasteiger partial charge in [0.05, 0.1) is 10.6 Å². The smallest absolute Gasteiger partial charge is 0.206 e. The van der Waals surface area contributed by atoms with Crippen molar-refractivity contribution in [1.82, 2.24) is 14.6 Å². The van der Waals surface area contributed by atoms with E-state index in [-0.39, 0.29) is 0 Å². The molecule has 0 radical (unpaired) electrons. The Hall–Kier alpha value is -2.17. The summed E-state index contributed by atoms with van der Waals surface area (Å²) in [7, 11) is 0. The van der Waals surface area contributed by atoms with Gasteiger partial charge in [-0.1, -0.05) is 65.4 Å². The Bertz CT molecular complexity index is 894. The Morgan fingerprint density at radius 2 is 1.67 bits per heavy atom. The van der Waals surface area contributed by atoms with Crippen molar-refractivity contribution in [2.45, 2.75) is 0 Å². The molecule has 2 aromatic carbocycles. The normalized spacial score (nSPS) is 11.1. The monoisotopic (exact) mass is 311 g/mol. The minimum atomic E-state index is 0.736. The van der Waals surface area contributed by atoms with Gasteiger partial charge >= 0.3 is 0 Å². The molecule has 21 heavy (non-hydrogen) atoms. The van der Waals surface area contributed by atoms with E-state index in [1.54, 1.807) is 17.7 Å². The summed E-state index contributed by atoms with van der Waals surface area (Å²) in [6.07, 6.45) is 1.59. The molecule has 2 heterocycles. The van der Waals surface area contributed by atoms with Crippen molar-refractivity contribution >= 4 is 27.9 Å². The van der Waals surface area contributed by atoms with Crippen molar-refractivity contribution in [3.05, 3.63) is 65.9 Å². The molecule has 5 heteroatoms. The molecule has 0 amide bonds. The van der Waals surface area contributed by atoms with Crippen LogP contribution in [0.15, 0.2) is 60.9 Å². The molecule has 102 valence electrons. The first-order chi connectivity index (χ1) is 10.3. The molecule has 0 unspecified atom stereocenters. The molecule has 0 saturated carbocycles. The number of fused-ring (bicyclic) bond motifs is 1. The van der Waals surface area contributed by atoms with E-state index < -0.39 is 0 Å². The molecule has 0 aliphatic heterocycles. The number of hydrogen-bond donors (Lipinski definition) is 0. The summed E-state index contributed by atoms with van der Waals surface area (Å²) in [4.78, 5) is 6.35. The zero-order valence-corrected chi connectivity index (χ0v) is 12.5. The number of benzene rings is 2. The number of nitrogens with zero attached hydrogens (tertiary/aromatic N) is 3. The van der Waals surface area contributed by atoms with Crippen LogP contribution in [-0.2, 0) is 0 Å². The first kappa shape index (κ1) is 12.6. The van der Waals surface area contributed by atoms with Gasteiger partial charge in [0.2, 0.25) is 4.96 Å². The maximum absolute atomic E-state index is 5.99. The van der Waals surface area contributed by atoms with Crippen molar-refractivity contribution in [1.29, 1.82) is 0 Å². The number of rotatable bonds is 2. The van der Waals surface area contributed by atoms with E-state index in [0.717, 1.165) is 31.7 Å². The lowest BCUT2D eigenvalue weighted by Gasteiger charge is -2.04. The largest absolute Gasteiger partial charge is 0.213 e. The van der Waals surface area contributed by atoms with Crippen LogP contribution in [0.25, 0.3) is 26.7 Å². The maximum Gasteiger partial charge on any atom is 0.213 e. The second kappa shape index (κ2) is 4.98. The highest BCUT2D eigenvalue weighted by molar-refractivity contribution is 7.20. The van der Waals surface area contributed by atoms with E-state index in [2.05, 4.69) is 22.2 Å². The molecule has 4 aromatic rings. The Morgan fingerprint density at radius 1 is 0.905 bits per heavy atom. The summed E-state index contributed by atoms with van der Waals surface area (Å²) in [6.45, 7) is 0. The maximum atomic E-state index is 5.99. The SMILES string of the molecule is Clc1ccc(-c2sc3ncnn3c2-c2ccccc2)cc1. The van der Waals surface area contributed by atoms with Crippen molar-refractivity contribution < 1.29 is 0 Å². The number of aromatic nitrogens is 3. The van der Waals surface area contributed by atoms with Gasteiger partial charge in [0, 0.05) is 10.6 Å². The zero-order chi connectivity index (χ0) is 14.2. The van der Waals surface area contributed by atoms with Gasteiger partial charge in [-0.05, 0) is 17.7 Å². The summed E-state index contributed by atoms with van der Waals surface area (Å²) < 4.78 is 1.89. The zero-order valence-electron chi connectivity index (χ0n) is 10.9. The molecule has 0 N–H and O–H groups in total. The third-order valence-electron chi connectivity index (χ3n) is 3.29. The topological polar surface area (TPSA) is 30.2 Å². The molecular weight excluding hydrogens is 302 g/mol. The molecule has 0 bridgehead atoms. The Labute approximate surface area is 130 Å². The van der Waals surface area contributed by atoms with Gasteiger partial charge in [-0.15, -0.1) is 0 Å². The van der Waals surface area contributed by atoms with Crippen LogP contribution in [0.4, 0.5) is 0 Å². The lowest BCUT2D eigenvalue weighted by Crippen LogP contribution is -1.89. The third kappa shape index (κ3) is 2.13. The van der Waals surface area contributed by atoms with Gasteiger partial charge in [0.1, 0.15) is 6.33 Å². The molecule has 0 saturated heterocycles. The summed E-state index contributed by atoms with van der Waals surface area (Å²) in [5, 5.41) is 5.08. The number of hydrogen-bond acceptors (Lipinski definition) is 3. The van der Waals surface area contributed by atoms with Gasteiger partial charge in [-0.2, -0.15) is 5.10 Å². The highest BCUT2D eigenvalue weighted by Crippen LogP contribution is 2.38. The molecule has 0 fully saturated rings. The Balaban J connectivity index is 2.01. The average molecular weight is 312 g/mol. The molecule has 0 atom stereocenters. The summed E-state index contributed by atoms with van der Waals surface area (Å²) in [5.41, 5.74) is 3.31. The quantitative estimate of drug-likeness (QED) is 0.533. The van der Waals surface area contributed by atoms with Crippen molar-refractivity contribution in [2.24, 2.45) is 0 Å². The van der Waals surface area contributed by atoms with E-state index in [9.17, 15) is 0 Å². The van der Waals surface area contributed by atoms with Gasteiger partial charge in [0.15, 0.2) is 0 Å². The highest BCUT2D eigenvalue weighted by atomic mass is 35.5. The van der Waals surface area contributed by atoms with Crippen LogP contribution >= 0.6 is 22.9 Å². The van der Waals surface area contributed by atoms with Gasteiger partial charge in [0.25, 0.3) is 0 Å². The molecule has 0 aliphatic carbocycles. The van der Waals surface area contributed by atoms with Gasteiger partial charge in [-0.25, -0.2) is 9.50 Å². The van der Waals surface area contributed by atoms with Crippen LogP contribution in [0, 0.1) is 0 Å². The minimum absolute atomic E-state index is 0.736. The highest BCUT2D eigenvalue weighted by Gasteiger charge is 2.17. The minimum Gasteiger partial charge on any atom is -0.206 e. The van der Waals surface area contributed by atoms with E-state index >= 15 is 0 Å². The number of halogens is 1. The van der Waals surface area contributed by atoms with Crippen molar-refractivity contribution in [3.63, 3.8) is 0 Å². The first-order valence-electron chi connectivity index (χ1n) is 6.47. The molecule has 3 nitrogen and oxygen atoms in total. The van der Waals surface area contributed by atoms with Crippen LogP contribution in [0.2, 0.25) is 5.02 Å². The van der Waals surface area contributed by atoms with Crippen LogP contribution in [0.5, 0.6) is 0 Å². The lowest BCUT2D eigenvalue weighted by molar-refractivity contribution is 0.985. The molecular formula is C16H10ClN3S. The van der Waals surface area contributed by atoms with E-state index in [1.807, 2.05) is 47.0 Å². The van der Waals surface area contributed by atoms with Crippen LogP contribution in [0.3, 0.4) is 0 Å². The predicted molar refractivity (Wildman–Crippen MR) is 86.7 cm³/mol. The summed E-state index contributed by atoms with van der Waals surface area (Å²) >= 11 is 7.62. The molecule has 0 spiro atoms. The predicted octanol–water partition coefficient (Wildman–Crippen LogP) is 4.78. The van der Waals surface area contributed by atoms with Crippen LogP contribution in [-0.4, -0.2) is 14.6 Å². The standard InChI is InChI=1S/C16H10ClN3S/c17-13-8-6-12(7-9-13)15-14(11-4-2-1-3-5-11)20-16(21-15)18-10-19-20/h1-10H. The molecule has 0 aliphatic rings. The van der Waals surface area contributed by atoms with Crippen molar-refractivity contribution in [2.75, 3.05) is 0 Å². The van der Waals surface area contributed by atoms with Crippen LogP contribution in [0.1, 0.15) is 0 Å². The number of thiazole rings is 1. The molecule has 4 rings (SSSR count). The van der Waals surface area contributed by atoms with Gasteiger partial charge < -0.3 is 0 Å². The van der Waals surface area contributed by atoms with Crippen molar-refractivity contribution in [3.8, 4) is 21.7 Å². The summed E-state index contributed by atoms with van der Waals surface area (Å²) in [6, 6.07) is 18.1. The summed E-state index contributed by atoms with van der Waals surface area (Å²) in [5.74, 6) is 0. The Morgan fingerprint density at radius 3 is 2.43 bits per heavy atom. The second-order valence-corrected chi connectivity index (χ2v) is 6.02. The van der Waals surface area contributed by atoms with E-state index in [1.165, 1.54) is 0 Å². The average Bonchev–Trinajstić information content (AvgIpc) is 3.09. The van der Waals surface area contributed by atoms with Gasteiger partial charge in [-0.3, -0.25) is 0 Å². The fourth-order valence-electron chi connectivity index (χ4n) is 2.34. The Kier molecular flexibility index (Phi) is 2.98. The van der Waals surface area contributed by atoms with E-state index in [4.69, 9.17) is 11.6 Å². The third-order valence-corrected chi connectivity index (χ3v) is 4.64.